The molecule has 0 saturated heterocycles. The summed E-state index contributed by atoms with van der Waals surface area (Å²) in [5, 5.41) is 12.0. The molecular formula is C13H24N2O3. The van der Waals surface area contributed by atoms with Crippen LogP contribution in [-0.4, -0.2) is 48.6 Å². The number of nitrogens with zero attached hydrogens (tertiary/aromatic N) is 1. The molecule has 1 amide bonds. The Bertz CT molecular complexity index is 305. The fourth-order valence-corrected chi connectivity index (χ4v) is 2.30. The third kappa shape index (κ3) is 3.98. The average molecular weight is 256 g/mol. The number of carbonyl (C=O) groups excluding carboxylic acids is 1. The number of rotatable bonds is 5. The quantitative estimate of drug-likeness (QED) is 0.768. The van der Waals surface area contributed by atoms with Gasteiger partial charge in [-0.1, -0.05) is 12.8 Å². The fraction of sp³-hybridized carbons (Fsp3) is 0.846. The third-order valence-electron chi connectivity index (χ3n) is 3.87. The normalized spacial score (nSPS) is 25.8. The van der Waals surface area contributed by atoms with Crippen molar-refractivity contribution >= 4 is 11.9 Å². The second-order valence-corrected chi connectivity index (χ2v) is 5.39. The van der Waals surface area contributed by atoms with Crippen molar-refractivity contribution in [2.24, 2.45) is 11.8 Å². The fourth-order valence-electron chi connectivity index (χ4n) is 2.30. The van der Waals surface area contributed by atoms with Crippen molar-refractivity contribution in [1.29, 1.82) is 0 Å². The summed E-state index contributed by atoms with van der Waals surface area (Å²) in [6.45, 7) is 2.59. The van der Waals surface area contributed by atoms with E-state index in [-0.39, 0.29) is 17.9 Å². The van der Waals surface area contributed by atoms with Crippen LogP contribution in [-0.2, 0) is 9.59 Å². The monoisotopic (exact) mass is 256 g/mol. The Balaban J connectivity index is 2.51. The maximum atomic E-state index is 12.0. The van der Waals surface area contributed by atoms with Crippen molar-refractivity contribution in [1.82, 2.24) is 10.2 Å². The van der Waals surface area contributed by atoms with Crippen molar-refractivity contribution in [3.63, 3.8) is 0 Å². The van der Waals surface area contributed by atoms with Gasteiger partial charge in [0.2, 0.25) is 5.91 Å². The van der Waals surface area contributed by atoms with E-state index in [0.717, 1.165) is 12.8 Å². The van der Waals surface area contributed by atoms with Gasteiger partial charge in [0.05, 0.1) is 11.8 Å². The van der Waals surface area contributed by atoms with Gasteiger partial charge in [0, 0.05) is 12.6 Å². The zero-order chi connectivity index (χ0) is 13.7. The Kier molecular flexibility index (Phi) is 5.59. The van der Waals surface area contributed by atoms with Crippen LogP contribution in [0.5, 0.6) is 0 Å². The molecule has 0 aromatic carbocycles. The van der Waals surface area contributed by atoms with Gasteiger partial charge >= 0.3 is 5.97 Å². The molecule has 1 fully saturated rings. The molecule has 1 aliphatic rings. The highest BCUT2D eigenvalue weighted by atomic mass is 16.4. The first-order valence-electron chi connectivity index (χ1n) is 6.60. The average Bonchev–Trinajstić information content (AvgIpc) is 2.35. The Labute approximate surface area is 109 Å². The molecule has 2 N–H and O–H groups in total. The number of carboxylic acid groups (broad SMARTS) is 1. The van der Waals surface area contributed by atoms with Gasteiger partial charge < -0.3 is 15.3 Å². The molecule has 3 unspecified atom stereocenters. The highest BCUT2D eigenvalue weighted by Crippen LogP contribution is 2.30. The van der Waals surface area contributed by atoms with Crippen LogP contribution in [0.2, 0.25) is 0 Å². The van der Waals surface area contributed by atoms with Crippen LogP contribution >= 0.6 is 0 Å². The van der Waals surface area contributed by atoms with Gasteiger partial charge in [-0.2, -0.15) is 0 Å². The molecule has 0 bridgehead atoms. The van der Waals surface area contributed by atoms with Gasteiger partial charge in [-0.15, -0.1) is 0 Å². The van der Waals surface area contributed by atoms with Crippen LogP contribution in [0.3, 0.4) is 0 Å². The molecule has 0 spiro atoms. The Morgan fingerprint density at radius 1 is 1.28 bits per heavy atom. The van der Waals surface area contributed by atoms with Crippen LogP contribution in [0.25, 0.3) is 0 Å². The SMILES string of the molecule is CC(CNC(=O)C1CCCCC1C(=O)O)N(C)C. The van der Waals surface area contributed by atoms with Crippen molar-refractivity contribution in [2.75, 3.05) is 20.6 Å². The summed E-state index contributed by atoms with van der Waals surface area (Å²) in [6, 6.07) is 0.251. The minimum Gasteiger partial charge on any atom is -0.481 e. The van der Waals surface area contributed by atoms with E-state index >= 15 is 0 Å². The molecule has 18 heavy (non-hydrogen) atoms. The van der Waals surface area contributed by atoms with Crippen LogP contribution in [0.1, 0.15) is 32.6 Å². The van der Waals surface area contributed by atoms with Gasteiger partial charge in [0.15, 0.2) is 0 Å². The zero-order valence-corrected chi connectivity index (χ0v) is 11.5. The number of amides is 1. The molecule has 104 valence electrons. The smallest absolute Gasteiger partial charge is 0.307 e. The summed E-state index contributed by atoms with van der Waals surface area (Å²) in [5.41, 5.74) is 0. The van der Waals surface area contributed by atoms with Crippen molar-refractivity contribution in [2.45, 2.75) is 38.6 Å². The minimum absolute atomic E-state index is 0.101. The first kappa shape index (κ1) is 15.0. The van der Waals surface area contributed by atoms with Crippen molar-refractivity contribution in [3.8, 4) is 0 Å². The summed E-state index contributed by atoms with van der Waals surface area (Å²) in [6.07, 6.45) is 3.18. The summed E-state index contributed by atoms with van der Waals surface area (Å²) < 4.78 is 0. The molecule has 0 aromatic heterocycles. The van der Waals surface area contributed by atoms with Gasteiger partial charge in [-0.3, -0.25) is 9.59 Å². The minimum atomic E-state index is -0.837. The Hall–Kier alpha value is -1.10. The lowest BCUT2D eigenvalue weighted by molar-refractivity contribution is -0.148. The van der Waals surface area contributed by atoms with Crippen LogP contribution in [0.4, 0.5) is 0 Å². The van der Waals surface area contributed by atoms with Crippen molar-refractivity contribution in [3.05, 3.63) is 0 Å². The number of hydrogen-bond acceptors (Lipinski definition) is 3. The molecular weight excluding hydrogens is 232 g/mol. The predicted octanol–water partition coefficient (Wildman–Crippen LogP) is 0.944. The maximum Gasteiger partial charge on any atom is 0.307 e. The molecule has 5 nitrogen and oxygen atoms in total. The molecule has 1 saturated carbocycles. The standard InChI is InChI=1S/C13H24N2O3/c1-9(15(2)3)8-14-12(16)10-6-4-5-7-11(10)13(17)18/h9-11H,4-8H2,1-3H3,(H,14,16)(H,17,18). The highest BCUT2D eigenvalue weighted by Gasteiger charge is 2.35. The van der Waals surface area contributed by atoms with Crippen LogP contribution in [0, 0.1) is 11.8 Å². The number of carboxylic acids is 1. The summed E-state index contributed by atoms with van der Waals surface area (Å²) in [7, 11) is 3.91. The van der Waals surface area contributed by atoms with Crippen LogP contribution < -0.4 is 5.32 Å². The van der Waals surface area contributed by atoms with Gasteiger partial charge in [0.1, 0.15) is 0 Å². The molecule has 3 atom stereocenters. The number of likely N-dealkylation sites (N-methyl/N-ethyl adjacent to an activating group) is 1. The van der Waals surface area contributed by atoms with E-state index in [1.807, 2.05) is 25.9 Å². The molecule has 0 radical (unpaired) electrons. The first-order valence-corrected chi connectivity index (χ1v) is 6.60. The zero-order valence-electron chi connectivity index (χ0n) is 11.5. The molecule has 1 rings (SSSR count). The van der Waals surface area contributed by atoms with E-state index in [0.29, 0.717) is 19.4 Å². The van der Waals surface area contributed by atoms with E-state index in [9.17, 15) is 9.59 Å². The van der Waals surface area contributed by atoms with E-state index in [1.165, 1.54) is 0 Å². The lowest BCUT2D eigenvalue weighted by Crippen LogP contribution is -2.44. The predicted molar refractivity (Wildman–Crippen MR) is 69.2 cm³/mol. The highest BCUT2D eigenvalue weighted by molar-refractivity contribution is 5.84. The van der Waals surface area contributed by atoms with Gasteiger partial charge in [-0.25, -0.2) is 0 Å². The number of nitrogens with one attached hydrogen (secondary N) is 1. The summed E-state index contributed by atoms with van der Waals surface area (Å²) in [4.78, 5) is 25.2. The summed E-state index contributed by atoms with van der Waals surface area (Å²) >= 11 is 0. The third-order valence-corrected chi connectivity index (χ3v) is 3.87. The van der Waals surface area contributed by atoms with Gasteiger partial charge in [0.25, 0.3) is 0 Å². The largest absolute Gasteiger partial charge is 0.481 e. The topological polar surface area (TPSA) is 69.6 Å². The Morgan fingerprint density at radius 3 is 2.33 bits per heavy atom. The van der Waals surface area contributed by atoms with E-state index < -0.39 is 11.9 Å². The first-order chi connectivity index (χ1) is 8.43. The molecule has 0 aliphatic heterocycles. The van der Waals surface area contributed by atoms with E-state index in [4.69, 9.17) is 5.11 Å². The van der Waals surface area contributed by atoms with Crippen LogP contribution in [0.15, 0.2) is 0 Å². The molecule has 5 heteroatoms. The second kappa shape index (κ2) is 6.73. The van der Waals surface area contributed by atoms with Gasteiger partial charge in [-0.05, 0) is 33.9 Å². The maximum absolute atomic E-state index is 12.0. The molecule has 1 aliphatic carbocycles. The number of carbonyl (C=O) groups is 2. The number of aliphatic carboxylic acids is 1. The van der Waals surface area contributed by atoms with Crippen molar-refractivity contribution < 1.29 is 14.7 Å². The Morgan fingerprint density at radius 2 is 1.83 bits per heavy atom. The second-order valence-electron chi connectivity index (χ2n) is 5.39. The lowest BCUT2D eigenvalue weighted by Gasteiger charge is -2.28. The molecule has 0 aromatic rings. The lowest BCUT2D eigenvalue weighted by atomic mass is 9.78. The summed E-state index contributed by atoms with van der Waals surface area (Å²) in [5.74, 6) is -1.80. The molecule has 0 heterocycles. The number of hydrogen-bond donors (Lipinski definition) is 2. The van der Waals surface area contributed by atoms with E-state index in [1.54, 1.807) is 0 Å². The van der Waals surface area contributed by atoms with E-state index in [2.05, 4.69) is 5.32 Å².